The molecule has 1 amide bonds. The predicted octanol–water partition coefficient (Wildman–Crippen LogP) is 2.28. The van der Waals surface area contributed by atoms with E-state index in [0.717, 1.165) is 19.3 Å². The topological polar surface area (TPSA) is 102 Å². The molecular weight excluding hydrogens is 272 g/mol. The van der Waals surface area contributed by atoms with E-state index >= 15 is 0 Å². The summed E-state index contributed by atoms with van der Waals surface area (Å²) in [6.07, 6.45) is 2.84. The Morgan fingerprint density at radius 1 is 1.52 bits per heavy atom. The lowest BCUT2D eigenvalue weighted by Gasteiger charge is -2.28. The number of nitro benzene ring substituents is 1. The van der Waals surface area contributed by atoms with E-state index < -0.39 is 4.92 Å². The molecule has 7 heteroatoms. The molecule has 1 fully saturated rings. The van der Waals surface area contributed by atoms with Gasteiger partial charge in [-0.3, -0.25) is 20.8 Å². The Morgan fingerprint density at radius 3 is 2.81 bits per heavy atom. The monoisotopic (exact) mass is 292 g/mol. The van der Waals surface area contributed by atoms with Crippen LogP contribution in [-0.2, 0) is 0 Å². The van der Waals surface area contributed by atoms with Gasteiger partial charge in [-0.25, -0.2) is 0 Å². The molecule has 2 unspecified atom stereocenters. The molecule has 2 rings (SSSR count). The first-order valence-corrected chi connectivity index (χ1v) is 7.07. The Morgan fingerprint density at radius 2 is 2.24 bits per heavy atom. The van der Waals surface area contributed by atoms with Gasteiger partial charge < -0.3 is 10.3 Å². The average molecular weight is 292 g/mol. The van der Waals surface area contributed by atoms with Crippen molar-refractivity contribution in [2.45, 2.75) is 45.2 Å². The van der Waals surface area contributed by atoms with Crippen molar-refractivity contribution < 1.29 is 9.72 Å². The molecule has 1 saturated heterocycles. The highest BCUT2D eigenvalue weighted by molar-refractivity contribution is 5.96. The molecule has 2 atom stereocenters. The lowest BCUT2D eigenvalue weighted by Crippen LogP contribution is -2.39. The maximum absolute atomic E-state index is 12.7. The molecule has 1 heterocycles. The minimum atomic E-state index is -0.545. The Bertz CT molecular complexity index is 561. The van der Waals surface area contributed by atoms with Gasteiger partial charge in [0, 0.05) is 23.7 Å². The maximum Gasteiger partial charge on any atom is 0.294 e. The number of nitrogens with two attached hydrogens (primary N) is 1. The summed E-state index contributed by atoms with van der Waals surface area (Å²) in [5, 5.41) is 11.0. The first-order valence-electron chi connectivity index (χ1n) is 7.07. The SMILES string of the molecule is CCC1CCC(C)N1C(=O)c1ccc(NN)c([N+](=O)[O-])c1. The zero-order valence-electron chi connectivity index (χ0n) is 12.2. The lowest BCUT2D eigenvalue weighted by molar-refractivity contribution is -0.384. The first kappa shape index (κ1) is 15.2. The molecule has 1 aromatic carbocycles. The molecule has 7 nitrogen and oxygen atoms in total. The van der Waals surface area contributed by atoms with Gasteiger partial charge in [-0.05, 0) is 38.3 Å². The number of nitrogens with one attached hydrogen (secondary N) is 1. The predicted molar refractivity (Wildman–Crippen MR) is 79.9 cm³/mol. The number of anilines is 1. The summed E-state index contributed by atoms with van der Waals surface area (Å²) in [6, 6.07) is 4.69. The molecule has 1 aliphatic rings. The van der Waals surface area contributed by atoms with Crippen LogP contribution in [0.5, 0.6) is 0 Å². The van der Waals surface area contributed by atoms with E-state index in [2.05, 4.69) is 5.43 Å². The number of benzene rings is 1. The van der Waals surface area contributed by atoms with Gasteiger partial charge in [0.05, 0.1) is 4.92 Å². The van der Waals surface area contributed by atoms with Crippen LogP contribution in [0.25, 0.3) is 0 Å². The molecule has 3 N–H and O–H groups in total. The number of nitro groups is 1. The van der Waals surface area contributed by atoms with Crippen LogP contribution in [0.2, 0.25) is 0 Å². The van der Waals surface area contributed by atoms with Crippen molar-refractivity contribution in [2.24, 2.45) is 5.84 Å². The second-order valence-corrected chi connectivity index (χ2v) is 5.33. The fourth-order valence-corrected chi connectivity index (χ4v) is 2.93. The second-order valence-electron chi connectivity index (χ2n) is 5.33. The highest BCUT2D eigenvalue weighted by Crippen LogP contribution is 2.30. The summed E-state index contributed by atoms with van der Waals surface area (Å²) < 4.78 is 0. The van der Waals surface area contributed by atoms with Crippen LogP contribution >= 0.6 is 0 Å². The molecule has 21 heavy (non-hydrogen) atoms. The van der Waals surface area contributed by atoms with Gasteiger partial charge in [0.15, 0.2) is 0 Å². The zero-order chi connectivity index (χ0) is 15.6. The summed E-state index contributed by atoms with van der Waals surface area (Å²) in [7, 11) is 0. The average Bonchev–Trinajstić information content (AvgIpc) is 2.86. The van der Waals surface area contributed by atoms with Gasteiger partial charge in [-0.2, -0.15) is 0 Å². The van der Waals surface area contributed by atoms with Gasteiger partial charge in [-0.1, -0.05) is 6.92 Å². The van der Waals surface area contributed by atoms with Gasteiger partial charge in [0.2, 0.25) is 0 Å². The number of likely N-dealkylation sites (tertiary alicyclic amines) is 1. The van der Waals surface area contributed by atoms with Crippen LogP contribution in [0.3, 0.4) is 0 Å². The van der Waals surface area contributed by atoms with E-state index in [1.807, 2.05) is 18.7 Å². The third-order valence-electron chi connectivity index (χ3n) is 4.09. The fraction of sp³-hybridized carbons (Fsp3) is 0.500. The normalized spacial score (nSPS) is 21.4. The standard InChI is InChI=1S/C14H20N4O3/c1-3-11-6-4-9(2)17(11)14(19)10-5-7-12(16-15)13(8-10)18(20)21/h5,7-9,11,16H,3-4,6,15H2,1-2H3. The van der Waals surface area contributed by atoms with Crippen molar-refractivity contribution in [1.29, 1.82) is 0 Å². The quantitative estimate of drug-likeness (QED) is 0.503. The molecule has 0 radical (unpaired) electrons. The number of hydrazine groups is 1. The van der Waals surface area contributed by atoms with Crippen molar-refractivity contribution >= 4 is 17.3 Å². The van der Waals surface area contributed by atoms with Gasteiger partial charge in [-0.15, -0.1) is 0 Å². The van der Waals surface area contributed by atoms with Crippen molar-refractivity contribution in [3.8, 4) is 0 Å². The molecule has 1 aliphatic heterocycles. The first-order chi connectivity index (χ1) is 9.99. The number of rotatable bonds is 4. The molecule has 0 bridgehead atoms. The number of hydrogen-bond donors (Lipinski definition) is 2. The molecule has 0 saturated carbocycles. The van der Waals surface area contributed by atoms with Gasteiger partial charge in [0.25, 0.3) is 11.6 Å². The smallest absolute Gasteiger partial charge is 0.294 e. The van der Waals surface area contributed by atoms with Crippen LogP contribution < -0.4 is 11.3 Å². The Hall–Kier alpha value is -2.15. The summed E-state index contributed by atoms with van der Waals surface area (Å²) in [4.78, 5) is 25.0. The molecule has 0 aromatic heterocycles. The Balaban J connectivity index is 2.35. The van der Waals surface area contributed by atoms with Crippen molar-refractivity contribution in [3.05, 3.63) is 33.9 Å². The summed E-state index contributed by atoms with van der Waals surface area (Å²) >= 11 is 0. The highest BCUT2D eigenvalue weighted by atomic mass is 16.6. The zero-order valence-corrected chi connectivity index (χ0v) is 12.2. The fourth-order valence-electron chi connectivity index (χ4n) is 2.93. The molecule has 0 aliphatic carbocycles. The van der Waals surface area contributed by atoms with E-state index in [0.29, 0.717) is 5.56 Å². The van der Waals surface area contributed by atoms with Crippen LogP contribution in [0, 0.1) is 10.1 Å². The minimum absolute atomic E-state index is 0.154. The number of nitrogens with zero attached hydrogens (tertiary/aromatic N) is 2. The number of carbonyl (C=O) groups is 1. The Kier molecular flexibility index (Phi) is 4.42. The van der Waals surface area contributed by atoms with Crippen LogP contribution in [-0.4, -0.2) is 27.8 Å². The van der Waals surface area contributed by atoms with E-state index in [9.17, 15) is 14.9 Å². The largest absolute Gasteiger partial charge is 0.333 e. The van der Waals surface area contributed by atoms with Crippen LogP contribution in [0.15, 0.2) is 18.2 Å². The maximum atomic E-state index is 12.7. The minimum Gasteiger partial charge on any atom is -0.333 e. The van der Waals surface area contributed by atoms with Gasteiger partial charge in [0.1, 0.15) is 5.69 Å². The summed E-state index contributed by atoms with van der Waals surface area (Å²) in [5.41, 5.74) is 2.60. The third-order valence-corrected chi connectivity index (χ3v) is 4.09. The molecule has 0 spiro atoms. The van der Waals surface area contributed by atoms with E-state index in [4.69, 9.17) is 5.84 Å². The number of amides is 1. The number of nitrogen functional groups attached to an aromatic ring is 1. The van der Waals surface area contributed by atoms with Crippen LogP contribution in [0.1, 0.15) is 43.5 Å². The lowest BCUT2D eigenvalue weighted by atomic mass is 10.1. The molecule has 1 aromatic rings. The van der Waals surface area contributed by atoms with Crippen molar-refractivity contribution in [2.75, 3.05) is 5.43 Å². The van der Waals surface area contributed by atoms with Crippen molar-refractivity contribution in [3.63, 3.8) is 0 Å². The van der Waals surface area contributed by atoms with E-state index in [1.165, 1.54) is 12.1 Å². The number of hydrogen-bond acceptors (Lipinski definition) is 5. The highest BCUT2D eigenvalue weighted by Gasteiger charge is 2.34. The van der Waals surface area contributed by atoms with Gasteiger partial charge >= 0.3 is 0 Å². The molecular formula is C14H20N4O3. The third kappa shape index (κ3) is 2.82. The molecule has 114 valence electrons. The van der Waals surface area contributed by atoms with Crippen molar-refractivity contribution in [1.82, 2.24) is 4.90 Å². The Labute approximate surface area is 123 Å². The summed E-state index contributed by atoms with van der Waals surface area (Å²) in [5.74, 6) is 5.10. The van der Waals surface area contributed by atoms with Crippen LogP contribution in [0.4, 0.5) is 11.4 Å². The van der Waals surface area contributed by atoms with E-state index in [1.54, 1.807) is 6.07 Å². The second kappa shape index (κ2) is 6.09. The van der Waals surface area contributed by atoms with E-state index in [-0.39, 0.29) is 29.4 Å². The summed E-state index contributed by atoms with van der Waals surface area (Å²) in [6.45, 7) is 4.06. The number of carbonyl (C=O) groups excluding carboxylic acids is 1.